The van der Waals surface area contributed by atoms with E-state index in [2.05, 4.69) is 10.2 Å². The largest absolute Gasteiger partial charge is 0.496 e. The lowest BCUT2D eigenvalue weighted by Gasteiger charge is -2.19. The van der Waals surface area contributed by atoms with Crippen LogP contribution in [0, 0.1) is 0 Å². The SMILES string of the molecule is COc1ccccc1C(=O)NCCCN1CCCCCC1. The number of amides is 1. The number of rotatable bonds is 6. The predicted molar refractivity (Wildman–Crippen MR) is 84.9 cm³/mol. The number of carbonyl (C=O) groups is 1. The fraction of sp³-hybridized carbons (Fsp3) is 0.588. The summed E-state index contributed by atoms with van der Waals surface area (Å²) in [5.41, 5.74) is 0.606. The van der Waals surface area contributed by atoms with Gasteiger partial charge in [0.05, 0.1) is 12.7 Å². The van der Waals surface area contributed by atoms with E-state index in [1.807, 2.05) is 18.2 Å². The molecule has 0 bridgehead atoms. The van der Waals surface area contributed by atoms with Gasteiger partial charge in [0.1, 0.15) is 5.75 Å². The van der Waals surface area contributed by atoms with Crippen molar-refractivity contribution in [2.24, 2.45) is 0 Å². The van der Waals surface area contributed by atoms with Crippen molar-refractivity contribution in [2.75, 3.05) is 33.3 Å². The van der Waals surface area contributed by atoms with Gasteiger partial charge in [-0.1, -0.05) is 25.0 Å². The van der Waals surface area contributed by atoms with Crippen LogP contribution in [0.15, 0.2) is 24.3 Å². The molecule has 1 saturated heterocycles. The van der Waals surface area contributed by atoms with E-state index in [1.165, 1.54) is 38.8 Å². The predicted octanol–water partition coefficient (Wildman–Crippen LogP) is 2.69. The van der Waals surface area contributed by atoms with Crippen molar-refractivity contribution in [1.29, 1.82) is 0 Å². The highest BCUT2D eigenvalue weighted by Crippen LogP contribution is 2.16. The number of para-hydroxylation sites is 1. The van der Waals surface area contributed by atoms with Crippen LogP contribution < -0.4 is 10.1 Å². The third-order valence-electron chi connectivity index (χ3n) is 3.99. The van der Waals surface area contributed by atoms with Crippen LogP contribution in [0.5, 0.6) is 5.75 Å². The van der Waals surface area contributed by atoms with Crippen molar-refractivity contribution in [3.63, 3.8) is 0 Å². The molecule has 0 saturated carbocycles. The first-order chi connectivity index (χ1) is 10.3. The van der Waals surface area contributed by atoms with Gasteiger partial charge < -0.3 is 15.0 Å². The van der Waals surface area contributed by atoms with Crippen LogP contribution in [-0.4, -0.2) is 44.1 Å². The van der Waals surface area contributed by atoms with E-state index in [4.69, 9.17) is 4.74 Å². The second-order valence-corrected chi connectivity index (χ2v) is 5.57. The molecule has 1 aliphatic heterocycles. The number of hydrogen-bond donors (Lipinski definition) is 1. The first-order valence-electron chi connectivity index (χ1n) is 7.95. The van der Waals surface area contributed by atoms with Crippen LogP contribution in [0.25, 0.3) is 0 Å². The number of likely N-dealkylation sites (tertiary alicyclic amines) is 1. The number of benzene rings is 1. The molecule has 4 nitrogen and oxygen atoms in total. The van der Waals surface area contributed by atoms with Gasteiger partial charge in [-0.3, -0.25) is 4.79 Å². The number of methoxy groups -OCH3 is 1. The van der Waals surface area contributed by atoms with Gasteiger partial charge in [-0.15, -0.1) is 0 Å². The third-order valence-corrected chi connectivity index (χ3v) is 3.99. The van der Waals surface area contributed by atoms with Crippen molar-refractivity contribution in [2.45, 2.75) is 32.1 Å². The second kappa shape index (κ2) is 8.67. The molecule has 116 valence electrons. The zero-order valence-corrected chi connectivity index (χ0v) is 12.9. The quantitative estimate of drug-likeness (QED) is 0.819. The zero-order chi connectivity index (χ0) is 14.9. The summed E-state index contributed by atoms with van der Waals surface area (Å²) < 4.78 is 5.21. The van der Waals surface area contributed by atoms with Gasteiger partial charge in [0, 0.05) is 6.54 Å². The van der Waals surface area contributed by atoms with Gasteiger partial charge in [-0.25, -0.2) is 0 Å². The summed E-state index contributed by atoms with van der Waals surface area (Å²) in [6.45, 7) is 4.21. The summed E-state index contributed by atoms with van der Waals surface area (Å²) in [7, 11) is 1.59. The fourth-order valence-electron chi connectivity index (χ4n) is 2.79. The molecule has 1 heterocycles. The van der Waals surface area contributed by atoms with E-state index in [-0.39, 0.29) is 5.91 Å². The van der Waals surface area contributed by atoms with Gasteiger partial charge in [-0.2, -0.15) is 0 Å². The molecule has 1 aliphatic rings. The second-order valence-electron chi connectivity index (χ2n) is 5.57. The Morgan fingerprint density at radius 1 is 1.19 bits per heavy atom. The smallest absolute Gasteiger partial charge is 0.255 e. The van der Waals surface area contributed by atoms with Crippen molar-refractivity contribution < 1.29 is 9.53 Å². The van der Waals surface area contributed by atoms with Gasteiger partial charge in [-0.05, 0) is 51.0 Å². The standard InChI is InChI=1S/C17H26N2O2/c1-21-16-10-5-4-9-15(16)17(20)18-11-8-14-19-12-6-2-3-7-13-19/h4-5,9-10H,2-3,6-8,11-14H2,1H3,(H,18,20). The monoisotopic (exact) mass is 290 g/mol. The Morgan fingerprint density at radius 2 is 1.90 bits per heavy atom. The minimum atomic E-state index is -0.0525. The molecular formula is C17H26N2O2. The van der Waals surface area contributed by atoms with E-state index in [0.717, 1.165) is 13.0 Å². The average Bonchev–Trinajstić information content (AvgIpc) is 2.80. The molecule has 0 aromatic heterocycles. The third kappa shape index (κ3) is 5.05. The lowest BCUT2D eigenvalue weighted by atomic mass is 10.2. The molecule has 0 aliphatic carbocycles. The summed E-state index contributed by atoms with van der Waals surface area (Å²) in [5, 5.41) is 2.98. The van der Waals surface area contributed by atoms with Gasteiger partial charge in [0.15, 0.2) is 0 Å². The minimum absolute atomic E-state index is 0.0525. The van der Waals surface area contributed by atoms with Crippen molar-refractivity contribution in [3.8, 4) is 5.75 Å². The van der Waals surface area contributed by atoms with Crippen LogP contribution >= 0.6 is 0 Å². The summed E-state index contributed by atoms with van der Waals surface area (Å²) in [6.07, 6.45) is 6.35. The molecule has 1 amide bonds. The number of nitrogens with zero attached hydrogens (tertiary/aromatic N) is 1. The van der Waals surface area contributed by atoms with Crippen LogP contribution in [0.3, 0.4) is 0 Å². The Bertz CT molecular complexity index is 440. The Labute approximate surface area is 127 Å². The van der Waals surface area contributed by atoms with E-state index in [1.54, 1.807) is 13.2 Å². The Kier molecular flexibility index (Phi) is 6.54. The molecule has 0 spiro atoms. The Balaban J connectivity index is 1.71. The average molecular weight is 290 g/mol. The van der Waals surface area contributed by atoms with Crippen LogP contribution in [0.1, 0.15) is 42.5 Å². The normalized spacial score (nSPS) is 16.2. The van der Waals surface area contributed by atoms with E-state index >= 15 is 0 Å². The highest BCUT2D eigenvalue weighted by Gasteiger charge is 2.11. The first kappa shape index (κ1) is 15.8. The van der Waals surface area contributed by atoms with Crippen LogP contribution in [0.4, 0.5) is 0 Å². The maximum Gasteiger partial charge on any atom is 0.255 e. The lowest BCUT2D eigenvalue weighted by molar-refractivity contribution is 0.0948. The molecule has 0 radical (unpaired) electrons. The highest BCUT2D eigenvalue weighted by atomic mass is 16.5. The van der Waals surface area contributed by atoms with E-state index in [9.17, 15) is 4.79 Å². The van der Waals surface area contributed by atoms with Crippen molar-refractivity contribution in [3.05, 3.63) is 29.8 Å². The fourth-order valence-corrected chi connectivity index (χ4v) is 2.79. The summed E-state index contributed by atoms with van der Waals surface area (Å²) in [5.74, 6) is 0.575. The number of ether oxygens (including phenoxy) is 1. The summed E-state index contributed by atoms with van der Waals surface area (Å²) in [6, 6.07) is 7.33. The molecule has 4 heteroatoms. The first-order valence-corrected chi connectivity index (χ1v) is 7.95. The molecule has 1 aromatic rings. The van der Waals surface area contributed by atoms with E-state index < -0.39 is 0 Å². The van der Waals surface area contributed by atoms with Gasteiger partial charge in [0.25, 0.3) is 5.91 Å². The molecule has 1 N–H and O–H groups in total. The summed E-state index contributed by atoms with van der Waals surface area (Å²) >= 11 is 0. The maximum absolute atomic E-state index is 12.1. The van der Waals surface area contributed by atoms with Crippen molar-refractivity contribution >= 4 is 5.91 Å². The maximum atomic E-state index is 12.1. The van der Waals surface area contributed by atoms with Crippen molar-refractivity contribution in [1.82, 2.24) is 10.2 Å². The molecule has 1 aromatic carbocycles. The molecule has 21 heavy (non-hydrogen) atoms. The molecule has 2 rings (SSSR count). The Morgan fingerprint density at radius 3 is 2.62 bits per heavy atom. The Hall–Kier alpha value is -1.55. The molecule has 0 atom stereocenters. The molecule has 1 fully saturated rings. The topological polar surface area (TPSA) is 41.6 Å². The van der Waals surface area contributed by atoms with Crippen LogP contribution in [-0.2, 0) is 0 Å². The van der Waals surface area contributed by atoms with E-state index in [0.29, 0.717) is 17.9 Å². The van der Waals surface area contributed by atoms with Crippen LogP contribution in [0.2, 0.25) is 0 Å². The molecule has 0 unspecified atom stereocenters. The summed E-state index contributed by atoms with van der Waals surface area (Å²) in [4.78, 5) is 14.6. The number of carbonyl (C=O) groups excluding carboxylic acids is 1. The highest BCUT2D eigenvalue weighted by molar-refractivity contribution is 5.96. The number of hydrogen-bond acceptors (Lipinski definition) is 3. The molecular weight excluding hydrogens is 264 g/mol. The zero-order valence-electron chi connectivity index (χ0n) is 12.9. The van der Waals surface area contributed by atoms with Gasteiger partial charge >= 0.3 is 0 Å². The number of nitrogens with one attached hydrogen (secondary N) is 1. The minimum Gasteiger partial charge on any atom is -0.496 e. The van der Waals surface area contributed by atoms with Gasteiger partial charge in [0.2, 0.25) is 0 Å². The lowest BCUT2D eigenvalue weighted by Crippen LogP contribution is -2.30.